The number of ether oxygens (including phenoxy) is 2. The Morgan fingerprint density at radius 3 is 2.36 bits per heavy atom. The quantitative estimate of drug-likeness (QED) is 0.298. The first-order valence-corrected chi connectivity index (χ1v) is 14.2. The van der Waals surface area contributed by atoms with Gasteiger partial charge < -0.3 is 9.47 Å². The summed E-state index contributed by atoms with van der Waals surface area (Å²) in [5, 5.41) is 10.1. The average molecular weight is 579 g/mol. The second kappa shape index (κ2) is 12.2. The van der Waals surface area contributed by atoms with Crippen LogP contribution in [-0.4, -0.2) is 81.5 Å². The van der Waals surface area contributed by atoms with Gasteiger partial charge in [-0.1, -0.05) is 60.7 Å². The predicted octanol–water partition coefficient (Wildman–Crippen LogP) is 4.80. The van der Waals surface area contributed by atoms with Gasteiger partial charge in [-0.25, -0.2) is 0 Å². The minimum Gasteiger partial charge on any atom is -0.494 e. The number of alkyl halides is 3. The molecule has 0 unspecified atom stereocenters. The van der Waals surface area contributed by atoms with Crippen LogP contribution in [0.5, 0.6) is 5.75 Å². The summed E-state index contributed by atoms with van der Waals surface area (Å²) < 4.78 is 53.3. The van der Waals surface area contributed by atoms with Crippen LogP contribution in [0.25, 0.3) is 5.69 Å². The SMILES string of the molecule is CCOc1ccc(-n2nnnc2C(F)(F)F)cc1CN1C[C@@H]2COCCN2[C@H](C(c2ccccc2)c2ccccc2)C1. The average Bonchev–Trinajstić information content (AvgIpc) is 3.51. The lowest BCUT2D eigenvalue weighted by atomic mass is 9.82. The molecule has 0 saturated carbocycles. The molecule has 0 spiro atoms. The Bertz CT molecular complexity index is 1430. The van der Waals surface area contributed by atoms with E-state index in [-0.39, 0.29) is 23.7 Å². The molecule has 0 bridgehead atoms. The smallest absolute Gasteiger partial charge is 0.453 e. The van der Waals surface area contributed by atoms with Crippen LogP contribution in [0.15, 0.2) is 78.9 Å². The van der Waals surface area contributed by atoms with E-state index in [1.807, 2.05) is 19.1 Å². The van der Waals surface area contributed by atoms with Gasteiger partial charge in [-0.2, -0.15) is 17.9 Å². The molecule has 0 radical (unpaired) electrons. The number of benzene rings is 3. The molecular formula is C31H33F3N6O2. The Labute approximate surface area is 242 Å². The second-order valence-corrected chi connectivity index (χ2v) is 10.7. The van der Waals surface area contributed by atoms with Crippen molar-refractivity contribution in [1.82, 2.24) is 30.0 Å². The Morgan fingerprint density at radius 2 is 1.69 bits per heavy atom. The molecule has 2 aliphatic heterocycles. The minimum absolute atomic E-state index is 0.129. The van der Waals surface area contributed by atoms with E-state index >= 15 is 0 Å². The van der Waals surface area contributed by atoms with Crippen LogP contribution in [-0.2, 0) is 17.5 Å². The third-order valence-corrected chi connectivity index (χ3v) is 8.02. The lowest BCUT2D eigenvalue weighted by molar-refractivity contribution is -0.146. The van der Waals surface area contributed by atoms with E-state index in [4.69, 9.17) is 9.47 Å². The maximum absolute atomic E-state index is 13.6. The number of morpholine rings is 1. The van der Waals surface area contributed by atoms with Gasteiger partial charge >= 0.3 is 6.18 Å². The number of halogens is 3. The number of rotatable bonds is 8. The summed E-state index contributed by atoms with van der Waals surface area (Å²) in [5.74, 6) is -0.410. The molecule has 8 nitrogen and oxygen atoms in total. The van der Waals surface area contributed by atoms with Gasteiger partial charge in [0.1, 0.15) is 5.75 Å². The zero-order valence-corrected chi connectivity index (χ0v) is 23.3. The molecule has 2 aliphatic rings. The predicted molar refractivity (Wildman–Crippen MR) is 150 cm³/mol. The lowest BCUT2D eigenvalue weighted by Crippen LogP contribution is -2.64. The van der Waals surface area contributed by atoms with Gasteiger partial charge in [0.05, 0.1) is 25.5 Å². The first-order valence-electron chi connectivity index (χ1n) is 14.2. The molecule has 0 aliphatic carbocycles. The third kappa shape index (κ3) is 5.90. The van der Waals surface area contributed by atoms with Crippen molar-refractivity contribution in [1.29, 1.82) is 0 Å². The van der Waals surface area contributed by atoms with Crippen LogP contribution in [0.1, 0.15) is 35.4 Å². The summed E-state index contributed by atoms with van der Waals surface area (Å²) in [4.78, 5) is 4.95. The summed E-state index contributed by atoms with van der Waals surface area (Å²) in [6.07, 6.45) is -4.68. The van der Waals surface area contributed by atoms with E-state index in [1.54, 1.807) is 18.2 Å². The number of hydrogen-bond donors (Lipinski definition) is 0. The normalized spacial score (nSPS) is 20.0. The van der Waals surface area contributed by atoms with Gasteiger partial charge in [-0.3, -0.25) is 9.80 Å². The van der Waals surface area contributed by atoms with Gasteiger partial charge in [0.2, 0.25) is 0 Å². The van der Waals surface area contributed by atoms with Crippen LogP contribution in [0.4, 0.5) is 13.2 Å². The fourth-order valence-electron chi connectivity index (χ4n) is 6.28. The van der Waals surface area contributed by atoms with Gasteiger partial charge in [-0.15, -0.1) is 5.10 Å². The molecule has 3 aromatic carbocycles. The number of aromatic nitrogens is 4. The summed E-state index contributed by atoms with van der Waals surface area (Å²) in [5.41, 5.74) is 3.50. The van der Waals surface area contributed by atoms with Crippen LogP contribution in [0, 0.1) is 0 Å². The highest BCUT2D eigenvalue weighted by atomic mass is 19.4. The second-order valence-electron chi connectivity index (χ2n) is 10.7. The number of nitrogens with zero attached hydrogens (tertiary/aromatic N) is 6. The highest BCUT2D eigenvalue weighted by Crippen LogP contribution is 2.37. The number of hydrogen-bond acceptors (Lipinski definition) is 7. The Morgan fingerprint density at radius 1 is 0.976 bits per heavy atom. The van der Waals surface area contributed by atoms with Gasteiger partial charge in [0.15, 0.2) is 0 Å². The molecule has 0 N–H and O–H groups in total. The van der Waals surface area contributed by atoms with Crippen molar-refractivity contribution in [3.05, 3.63) is 101 Å². The Hall–Kier alpha value is -3.80. The highest BCUT2D eigenvalue weighted by molar-refractivity contribution is 5.44. The summed E-state index contributed by atoms with van der Waals surface area (Å²) in [7, 11) is 0. The summed E-state index contributed by atoms with van der Waals surface area (Å²) in [6.45, 7) is 6.50. The fraction of sp³-hybridized carbons (Fsp3) is 0.387. The molecule has 0 amide bonds. The van der Waals surface area contributed by atoms with Crippen molar-refractivity contribution in [2.45, 2.75) is 37.6 Å². The van der Waals surface area contributed by atoms with E-state index in [9.17, 15) is 13.2 Å². The van der Waals surface area contributed by atoms with Crippen molar-refractivity contribution < 1.29 is 22.6 Å². The summed E-state index contributed by atoms with van der Waals surface area (Å²) in [6, 6.07) is 26.4. The Kier molecular flexibility index (Phi) is 8.23. The molecule has 11 heteroatoms. The summed E-state index contributed by atoms with van der Waals surface area (Å²) >= 11 is 0. The van der Waals surface area contributed by atoms with Crippen LogP contribution in [0.3, 0.4) is 0 Å². The third-order valence-electron chi connectivity index (χ3n) is 8.02. The minimum atomic E-state index is -4.68. The Balaban J connectivity index is 1.36. The highest BCUT2D eigenvalue weighted by Gasteiger charge is 2.42. The van der Waals surface area contributed by atoms with Crippen molar-refractivity contribution >= 4 is 0 Å². The van der Waals surface area contributed by atoms with Gasteiger partial charge in [0.25, 0.3) is 5.82 Å². The lowest BCUT2D eigenvalue weighted by Gasteiger charge is -2.51. The van der Waals surface area contributed by atoms with Crippen molar-refractivity contribution in [3.8, 4) is 11.4 Å². The molecule has 220 valence electrons. The molecule has 2 atom stereocenters. The van der Waals surface area contributed by atoms with Crippen molar-refractivity contribution in [2.24, 2.45) is 0 Å². The van der Waals surface area contributed by atoms with Crippen molar-refractivity contribution in [3.63, 3.8) is 0 Å². The van der Waals surface area contributed by atoms with Crippen LogP contribution >= 0.6 is 0 Å². The molecule has 4 aromatic rings. The van der Waals surface area contributed by atoms with E-state index in [1.165, 1.54) is 11.1 Å². The molecule has 3 heterocycles. The number of tetrazole rings is 1. The fourth-order valence-corrected chi connectivity index (χ4v) is 6.28. The monoisotopic (exact) mass is 578 g/mol. The number of piperazine rings is 1. The zero-order chi connectivity index (χ0) is 29.1. The molecule has 2 saturated heterocycles. The maximum Gasteiger partial charge on any atom is 0.453 e. The van der Waals surface area contributed by atoms with Gasteiger partial charge in [-0.05, 0) is 46.7 Å². The molecule has 1 aromatic heterocycles. The first kappa shape index (κ1) is 28.3. The van der Waals surface area contributed by atoms with Crippen LogP contribution < -0.4 is 4.74 Å². The largest absolute Gasteiger partial charge is 0.494 e. The topological polar surface area (TPSA) is 68.5 Å². The van der Waals surface area contributed by atoms with Crippen LogP contribution in [0.2, 0.25) is 0 Å². The van der Waals surface area contributed by atoms with E-state index < -0.39 is 12.0 Å². The molecule has 2 fully saturated rings. The standard InChI is InChI=1S/C31H33F3N6O2/c1-2-42-28-14-13-25(40-30(31(32,33)34)35-36-37-40)17-24(28)18-38-19-26-21-41-16-15-39(26)27(20-38)29(22-9-5-3-6-10-22)23-11-7-4-8-12-23/h3-14,17,26-27,29H,2,15-16,18-21H2,1H3/t26-,27+/m1/s1. The zero-order valence-electron chi connectivity index (χ0n) is 23.3. The maximum atomic E-state index is 13.6. The number of fused-ring (bicyclic) bond motifs is 1. The van der Waals surface area contributed by atoms with Gasteiger partial charge in [0, 0.05) is 49.7 Å². The molecule has 6 rings (SSSR count). The molecule has 42 heavy (non-hydrogen) atoms. The van der Waals surface area contributed by atoms with Crippen molar-refractivity contribution in [2.75, 3.05) is 39.5 Å². The van der Waals surface area contributed by atoms with E-state index in [0.29, 0.717) is 32.1 Å². The van der Waals surface area contributed by atoms with E-state index in [2.05, 4.69) is 73.9 Å². The first-order chi connectivity index (χ1) is 20.4. The molecular weight excluding hydrogens is 545 g/mol. The van der Waals surface area contributed by atoms with E-state index in [0.717, 1.165) is 29.9 Å².